The second kappa shape index (κ2) is 5.69. The topological polar surface area (TPSA) is 102 Å². The van der Waals surface area contributed by atoms with Crippen LogP contribution in [0.15, 0.2) is 22.8 Å². The third-order valence-electron chi connectivity index (χ3n) is 5.08. The highest BCUT2D eigenvalue weighted by molar-refractivity contribution is 5.53. The second-order valence-electron chi connectivity index (χ2n) is 6.64. The van der Waals surface area contributed by atoms with E-state index in [4.69, 9.17) is 10.2 Å². The maximum Gasteiger partial charge on any atom is 0.259 e. The number of nitrogens with zero attached hydrogens (tertiary/aromatic N) is 7. The van der Waals surface area contributed by atoms with Crippen molar-refractivity contribution in [1.29, 1.82) is 0 Å². The van der Waals surface area contributed by atoms with Crippen molar-refractivity contribution in [3.05, 3.63) is 18.4 Å². The molecule has 0 saturated carbocycles. The molecule has 9 nitrogen and oxygen atoms in total. The molecular formula is C16H20N8O. The fraction of sp³-hybridized carbons (Fsp3) is 0.500. The highest BCUT2D eigenvalue weighted by Gasteiger charge is 2.30. The molecule has 2 aliphatic heterocycles. The molecule has 0 radical (unpaired) electrons. The highest BCUT2D eigenvalue weighted by Crippen LogP contribution is 2.24. The first-order chi connectivity index (χ1) is 12.3. The molecule has 0 aliphatic carbocycles. The number of anilines is 2. The Kier molecular flexibility index (Phi) is 3.34. The molecule has 5 rings (SSSR count). The van der Waals surface area contributed by atoms with Crippen LogP contribution in [0.2, 0.25) is 0 Å². The standard InChI is InChI=1S/C16H20N8O/c17-14-19-15(23-8-7-22-6-2-1-4-11(22)10-23)20-16-18-13(21-24(14)16)12-5-3-9-25-12/h3,5,9,11H,1-2,4,6-8,10H2,(H2,17,18,19,20,21). The molecule has 2 fully saturated rings. The second-order valence-corrected chi connectivity index (χ2v) is 6.64. The minimum Gasteiger partial charge on any atom is -0.461 e. The van der Waals surface area contributed by atoms with Gasteiger partial charge in [0.15, 0.2) is 5.76 Å². The lowest BCUT2D eigenvalue weighted by atomic mass is 10.00. The van der Waals surface area contributed by atoms with E-state index in [0.29, 0.717) is 29.4 Å². The zero-order chi connectivity index (χ0) is 16.8. The van der Waals surface area contributed by atoms with Gasteiger partial charge in [-0.15, -0.1) is 5.10 Å². The summed E-state index contributed by atoms with van der Waals surface area (Å²) in [6.45, 7) is 4.10. The van der Waals surface area contributed by atoms with Gasteiger partial charge in [-0.1, -0.05) is 6.42 Å². The lowest BCUT2D eigenvalue weighted by Gasteiger charge is -2.43. The molecule has 0 spiro atoms. The average molecular weight is 340 g/mol. The largest absolute Gasteiger partial charge is 0.461 e. The summed E-state index contributed by atoms with van der Waals surface area (Å²) in [5.41, 5.74) is 6.10. The SMILES string of the molecule is Nc1nc(N2CCN3CCCCC3C2)nc2nc(-c3ccco3)nn12. The summed E-state index contributed by atoms with van der Waals surface area (Å²) in [5.74, 6) is 2.41. The van der Waals surface area contributed by atoms with Crippen LogP contribution in [-0.2, 0) is 0 Å². The van der Waals surface area contributed by atoms with Crippen LogP contribution in [0.3, 0.4) is 0 Å². The minimum atomic E-state index is 0.288. The molecule has 9 heteroatoms. The van der Waals surface area contributed by atoms with E-state index in [-0.39, 0.29) is 5.95 Å². The van der Waals surface area contributed by atoms with Gasteiger partial charge in [-0.05, 0) is 31.5 Å². The fourth-order valence-electron chi connectivity index (χ4n) is 3.78. The molecule has 2 saturated heterocycles. The summed E-state index contributed by atoms with van der Waals surface area (Å²) >= 11 is 0. The van der Waals surface area contributed by atoms with E-state index in [1.54, 1.807) is 12.3 Å². The quantitative estimate of drug-likeness (QED) is 0.738. The molecule has 130 valence electrons. The van der Waals surface area contributed by atoms with Gasteiger partial charge in [-0.2, -0.15) is 19.5 Å². The van der Waals surface area contributed by atoms with Gasteiger partial charge in [0.05, 0.1) is 6.26 Å². The van der Waals surface area contributed by atoms with Gasteiger partial charge >= 0.3 is 0 Å². The summed E-state index contributed by atoms with van der Waals surface area (Å²) in [5, 5.41) is 4.34. The first-order valence-electron chi connectivity index (χ1n) is 8.71. The van der Waals surface area contributed by atoms with E-state index in [1.165, 1.54) is 30.3 Å². The lowest BCUT2D eigenvalue weighted by molar-refractivity contribution is 0.133. The van der Waals surface area contributed by atoms with Crippen molar-refractivity contribution in [2.45, 2.75) is 25.3 Å². The summed E-state index contributed by atoms with van der Waals surface area (Å²) in [6.07, 6.45) is 5.43. The number of furan rings is 1. The van der Waals surface area contributed by atoms with Crippen LogP contribution in [0.5, 0.6) is 0 Å². The highest BCUT2D eigenvalue weighted by atomic mass is 16.3. The molecule has 0 amide bonds. The Hall–Kier alpha value is -2.68. The lowest BCUT2D eigenvalue weighted by Crippen LogP contribution is -2.55. The van der Waals surface area contributed by atoms with Crippen LogP contribution in [-0.4, -0.2) is 61.7 Å². The summed E-state index contributed by atoms with van der Waals surface area (Å²) in [6, 6.07) is 4.19. The molecule has 5 heterocycles. The molecule has 2 N–H and O–H groups in total. The van der Waals surface area contributed by atoms with Gasteiger partial charge in [-0.3, -0.25) is 4.90 Å². The average Bonchev–Trinajstić information content (AvgIpc) is 3.30. The Morgan fingerprint density at radius 3 is 2.96 bits per heavy atom. The maximum atomic E-state index is 6.10. The Balaban J connectivity index is 1.47. The monoisotopic (exact) mass is 340 g/mol. The molecule has 25 heavy (non-hydrogen) atoms. The molecular weight excluding hydrogens is 320 g/mol. The number of piperazine rings is 1. The molecule has 3 aromatic heterocycles. The first kappa shape index (κ1) is 14.6. The van der Waals surface area contributed by atoms with E-state index in [1.807, 2.05) is 6.07 Å². The van der Waals surface area contributed by atoms with Gasteiger partial charge in [0, 0.05) is 25.7 Å². The predicted molar refractivity (Wildman–Crippen MR) is 92.1 cm³/mol. The van der Waals surface area contributed by atoms with Crippen LogP contribution in [0.1, 0.15) is 19.3 Å². The molecule has 0 bridgehead atoms. The van der Waals surface area contributed by atoms with E-state index in [9.17, 15) is 0 Å². The maximum absolute atomic E-state index is 6.10. The van der Waals surface area contributed by atoms with E-state index in [2.05, 4.69) is 29.9 Å². The molecule has 2 aliphatic rings. The molecule has 3 aromatic rings. The summed E-state index contributed by atoms with van der Waals surface area (Å²) in [4.78, 5) is 18.3. The van der Waals surface area contributed by atoms with Gasteiger partial charge in [0.1, 0.15) is 0 Å². The Morgan fingerprint density at radius 1 is 1.12 bits per heavy atom. The molecule has 0 aromatic carbocycles. The third kappa shape index (κ3) is 2.51. The third-order valence-corrected chi connectivity index (χ3v) is 5.08. The summed E-state index contributed by atoms with van der Waals surface area (Å²) in [7, 11) is 0. The van der Waals surface area contributed by atoms with Gasteiger partial charge in [0.2, 0.25) is 17.7 Å². The van der Waals surface area contributed by atoms with Crippen LogP contribution in [0.25, 0.3) is 17.4 Å². The van der Waals surface area contributed by atoms with Crippen LogP contribution in [0.4, 0.5) is 11.9 Å². The van der Waals surface area contributed by atoms with E-state index < -0.39 is 0 Å². The summed E-state index contributed by atoms with van der Waals surface area (Å²) < 4.78 is 6.81. The first-order valence-corrected chi connectivity index (χ1v) is 8.71. The van der Waals surface area contributed by atoms with Gasteiger partial charge < -0.3 is 15.1 Å². The van der Waals surface area contributed by atoms with Crippen molar-refractivity contribution < 1.29 is 4.42 Å². The van der Waals surface area contributed by atoms with Gasteiger partial charge in [0.25, 0.3) is 5.78 Å². The van der Waals surface area contributed by atoms with E-state index in [0.717, 1.165) is 19.6 Å². The molecule has 1 atom stereocenters. The number of nitrogen functional groups attached to an aromatic ring is 1. The van der Waals surface area contributed by atoms with Crippen molar-refractivity contribution in [1.82, 2.24) is 29.5 Å². The van der Waals surface area contributed by atoms with Crippen LogP contribution >= 0.6 is 0 Å². The van der Waals surface area contributed by atoms with Crippen molar-refractivity contribution in [3.8, 4) is 11.6 Å². The van der Waals surface area contributed by atoms with Crippen molar-refractivity contribution >= 4 is 17.7 Å². The Labute approximate surface area is 144 Å². The fourth-order valence-corrected chi connectivity index (χ4v) is 3.78. The Bertz CT molecular complexity index is 889. The number of fused-ring (bicyclic) bond motifs is 2. The molecule has 1 unspecified atom stereocenters. The number of hydrogen-bond acceptors (Lipinski definition) is 8. The van der Waals surface area contributed by atoms with Crippen molar-refractivity contribution in [3.63, 3.8) is 0 Å². The Morgan fingerprint density at radius 2 is 2.08 bits per heavy atom. The normalized spacial score (nSPS) is 21.6. The van der Waals surface area contributed by atoms with Crippen LogP contribution < -0.4 is 10.6 Å². The van der Waals surface area contributed by atoms with Crippen molar-refractivity contribution in [2.24, 2.45) is 0 Å². The zero-order valence-electron chi connectivity index (χ0n) is 13.9. The smallest absolute Gasteiger partial charge is 0.259 e. The van der Waals surface area contributed by atoms with Crippen molar-refractivity contribution in [2.75, 3.05) is 36.8 Å². The number of aromatic nitrogens is 5. The van der Waals surface area contributed by atoms with Gasteiger partial charge in [-0.25, -0.2) is 0 Å². The van der Waals surface area contributed by atoms with Crippen LogP contribution in [0, 0.1) is 0 Å². The zero-order valence-corrected chi connectivity index (χ0v) is 13.9. The predicted octanol–water partition coefficient (Wildman–Crippen LogP) is 1.04. The number of rotatable bonds is 2. The number of piperidine rings is 1. The van der Waals surface area contributed by atoms with E-state index >= 15 is 0 Å². The number of nitrogens with two attached hydrogens (primary N) is 1. The minimum absolute atomic E-state index is 0.288. The number of hydrogen-bond donors (Lipinski definition) is 1.